The van der Waals surface area contributed by atoms with E-state index in [-0.39, 0.29) is 5.91 Å². The van der Waals surface area contributed by atoms with Gasteiger partial charge >= 0.3 is 0 Å². The van der Waals surface area contributed by atoms with Crippen molar-refractivity contribution in [3.05, 3.63) is 17.8 Å². The summed E-state index contributed by atoms with van der Waals surface area (Å²) in [6.07, 6.45) is 3.34. The Bertz CT molecular complexity index is 371. The normalized spacial score (nSPS) is 15.0. The number of rotatable bonds is 4. The largest absolute Gasteiger partial charge is 0.355 e. The molecule has 0 radical (unpaired) electrons. The van der Waals surface area contributed by atoms with Crippen molar-refractivity contribution in [2.75, 3.05) is 24.5 Å². The minimum Gasteiger partial charge on any atom is -0.355 e. The Kier molecular flexibility index (Phi) is 3.90. The van der Waals surface area contributed by atoms with Crippen LogP contribution in [0.15, 0.2) is 12.1 Å². The molecule has 1 fully saturated rings. The van der Waals surface area contributed by atoms with Gasteiger partial charge in [-0.15, -0.1) is 10.2 Å². The molecular weight excluding hydrogens is 216 g/mol. The van der Waals surface area contributed by atoms with Gasteiger partial charge in [-0.25, -0.2) is 0 Å². The number of nitrogens with zero attached hydrogens (tertiary/aromatic N) is 3. The van der Waals surface area contributed by atoms with Crippen LogP contribution in [0.3, 0.4) is 0 Å². The third kappa shape index (κ3) is 2.93. The summed E-state index contributed by atoms with van der Waals surface area (Å²) in [6.45, 7) is 4.77. The van der Waals surface area contributed by atoms with Crippen LogP contribution in [0.4, 0.5) is 5.82 Å². The molecule has 2 rings (SSSR count). The zero-order valence-electron chi connectivity index (χ0n) is 10.1. The molecule has 1 saturated heterocycles. The van der Waals surface area contributed by atoms with Crippen molar-refractivity contribution in [2.45, 2.75) is 26.2 Å². The Balaban J connectivity index is 1.99. The lowest BCUT2D eigenvalue weighted by molar-refractivity contribution is 0.0947. The lowest BCUT2D eigenvalue weighted by atomic mass is 10.3. The van der Waals surface area contributed by atoms with Crippen molar-refractivity contribution in [1.82, 2.24) is 15.5 Å². The summed E-state index contributed by atoms with van der Waals surface area (Å²) in [5.74, 6) is 0.724. The Labute approximate surface area is 101 Å². The maximum atomic E-state index is 11.6. The highest BCUT2D eigenvalue weighted by molar-refractivity contribution is 5.92. The summed E-state index contributed by atoms with van der Waals surface area (Å²) in [5, 5.41) is 10.9. The van der Waals surface area contributed by atoms with Gasteiger partial charge in [-0.05, 0) is 31.4 Å². The van der Waals surface area contributed by atoms with Crippen molar-refractivity contribution in [3.8, 4) is 0 Å². The summed E-state index contributed by atoms with van der Waals surface area (Å²) in [7, 11) is 0. The Hall–Kier alpha value is -1.65. The molecule has 0 atom stereocenters. The molecule has 2 heterocycles. The van der Waals surface area contributed by atoms with Crippen molar-refractivity contribution >= 4 is 11.7 Å². The zero-order chi connectivity index (χ0) is 12.1. The predicted octanol–water partition coefficient (Wildman–Crippen LogP) is 1.22. The van der Waals surface area contributed by atoms with Crippen molar-refractivity contribution in [3.63, 3.8) is 0 Å². The molecule has 92 valence electrons. The first-order valence-corrected chi connectivity index (χ1v) is 6.18. The van der Waals surface area contributed by atoms with Crippen molar-refractivity contribution in [2.24, 2.45) is 0 Å². The van der Waals surface area contributed by atoms with Gasteiger partial charge in [0.2, 0.25) is 0 Å². The monoisotopic (exact) mass is 234 g/mol. The summed E-state index contributed by atoms with van der Waals surface area (Å²) in [6, 6.07) is 3.62. The van der Waals surface area contributed by atoms with Crippen LogP contribution in [-0.2, 0) is 0 Å². The standard InChI is InChI=1S/C12H18N4O/c1-2-7-13-12(17)10-5-6-11(15-14-10)16-8-3-4-9-16/h5-6H,2-4,7-9H2,1H3,(H,13,17). The number of hydrogen-bond acceptors (Lipinski definition) is 4. The Morgan fingerprint density at radius 2 is 2.12 bits per heavy atom. The number of carbonyl (C=O) groups is 1. The van der Waals surface area contributed by atoms with Crippen LogP contribution in [0.1, 0.15) is 36.7 Å². The maximum absolute atomic E-state index is 11.6. The van der Waals surface area contributed by atoms with Gasteiger partial charge in [-0.1, -0.05) is 6.92 Å². The molecular formula is C12H18N4O. The Morgan fingerprint density at radius 1 is 1.35 bits per heavy atom. The lowest BCUT2D eigenvalue weighted by Gasteiger charge is -2.15. The van der Waals surface area contributed by atoms with E-state index in [4.69, 9.17) is 0 Å². The van der Waals surface area contributed by atoms with Crippen molar-refractivity contribution < 1.29 is 4.79 Å². The maximum Gasteiger partial charge on any atom is 0.271 e. The number of nitrogens with one attached hydrogen (secondary N) is 1. The molecule has 0 unspecified atom stereocenters. The highest BCUT2D eigenvalue weighted by Crippen LogP contribution is 2.16. The molecule has 5 heteroatoms. The van der Waals surface area contributed by atoms with E-state index in [1.165, 1.54) is 12.8 Å². The predicted molar refractivity (Wildman–Crippen MR) is 66.1 cm³/mol. The lowest BCUT2D eigenvalue weighted by Crippen LogP contribution is -2.26. The van der Waals surface area contributed by atoms with E-state index in [1.54, 1.807) is 6.07 Å². The first-order valence-electron chi connectivity index (χ1n) is 6.18. The molecule has 1 amide bonds. The molecule has 1 N–H and O–H groups in total. The van der Waals surface area contributed by atoms with Gasteiger partial charge < -0.3 is 10.2 Å². The van der Waals surface area contributed by atoms with Gasteiger partial charge in [0.25, 0.3) is 5.91 Å². The number of aromatic nitrogens is 2. The first kappa shape index (κ1) is 11.8. The number of hydrogen-bond donors (Lipinski definition) is 1. The van der Waals surface area contributed by atoms with Gasteiger partial charge in [0.1, 0.15) is 0 Å². The quantitative estimate of drug-likeness (QED) is 0.851. The van der Waals surface area contributed by atoms with Gasteiger partial charge in [0, 0.05) is 19.6 Å². The molecule has 17 heavy (non-hydrogen) atoms. The van der Waals surface area contributed by atoms with Gasteiger partial charge in [0.15, 0.2) is 11.5 Å². The van der Waals surface area contributed by atoms with Gasteiger partial charge in [0.05, 0.1) is 0 Å². The average Bonchev–Trinajstić information content (AvgIpc) is 2.90. The van der Waals surface area contributed by atoms with Crippen LogP contribution < -0.4 is 10.2 Å². The van der Waals surface area contributed by atoms with Crippen molar-refractivity contribution in [1.29, 1.82) is 0 Å². The van der Waals surface area contributed by atoms with Gasteiger partial charge in [-0.2, -0.15) is 0 Å². The third-order valence-electron chi connectivity index (χ3n) is 2.85. The summed E-state index contributed by atoms with van der Waals surface area (Å²) >= 11 is 0. The van der Waals surface area contributed by atoms with Gasteiger partial charge in [-0.3, -0.25) is 4.79 Å². The summed E-state index contributed by atoms with van der Waals surface area (Å²) < 4.78 is 0. The first-order chi connectivity index (χ1) is 8.31. The molecule has 0 aliphatic carbocycles. The van der Waals surface area contributed by atoms with Crippen LogP contribution in [0, 0.1) is 0 Å². The second kappa shape index (κ2) is 5.61. The van der Waals surface area contributed by atoms with E-state index >= 15 is 0 Å². The molecule has 0 aromatic carbocycles. The third-order valence-corrected chi connectivity index (χ3v) is 2.85. The molecule has 0 bridgehead atoms. The van der Waals surface area contributed by atoms with E-state index in [1.807, 2.05) is 13.0 Å². The highest BCUT2D eigenvalue weighted by atomic mass is 16.1. The molecule has 5 nitrogen and oxygen atoms in total. The fraction of sp³-hybridized carbons (Fsp3) is 0.583. The van der Waals surface area contributed by atoms with Crippen LogP contribution in [0.2, 0.25) is 0 Å². The second-order valence-corrected chi connectivity index (χ2v) is 4.23. The summed E-state index contributed by atoms with van der Waals surface area (Å²) in [5.41, 5.74) is 0.390. The molecule has 1 aliphatic rings. The molecule has 1 aromatic heterocycles. The number of amides is 1. The summed E-state index contributed by atoms with van der Waals surface area (Å²) in [4.78, 5) is 13.8. The molecule has 0 saturated carbocycles. The van der Waals surface area contributed by atoms with E-state index in [9.17, 15) is 4.79 Å². The van der Waals surface area contributed by atoms with E-state index in [0.717, 1.165) is 25.3 Å². The zero-order valence-corrected chi connectivity index (χ0v) is 10.1. The number of anilines is 1. The Morgan fingerprint density at radius 3 is 2.71 bits per heavy atom. The van der Waals surface area contributed by atoms with Crippen LogP contribution in [0.25, 0.3) is 0 Å². The van der Waals surface area contributed by atoms with E-state index < -0.39 is 0 Å². The SMILES string of the molecule is CCCNC(=O)c1ccc(N2CCCC2)nn1. The molecule has 1 aliphatic heterocycles. The van der Waals surface area contributed by atoms with Crippen LogP contribution in [0.5, 0.6) is 0 Å². The fourth-order valence-corrected chi connectivity index (χ4v) is 1.89. The average molecular weight is 234 g/mol. The van der Waals surface area contributed by atoms with E-state index in [2.05, 4.69) is 20.4 Å². The smallest absolute Gasteiger partial charge is 0.271 e. The topological polar surface area (TPSA) is 58.1 Å². The minimum atomic E-state index is -0.146. The molecule has 0 spiro atoms. The number of carbonyl (C=O) groups excluding carboxylic acids is 1. The minimum absolute atomic E-state index is 0.146. The fourth-order valence-electron chi connectivity index (χ4n) is 1.89. The van der Waals surface area contributed by atoms with Crippen LogP contribution >= 0.6 is 0 Å². The second-order valence-electron chi connectivity index (χ2n) is 4.23. The van der Waals surface area contributed by atoms with E-state index in [0.29, 0.717) is 12.2 Å². The molecule has 1 aromatic rings. The van der Waals surface area contributed by atoms with Crippen LogP contribution in [-0.4, -0.2) is 35.7 Å². The highest BCUT2D eigenvalue weighted by Gasteiger charge is 2.14.